The number of carbonyl (C=O) groups is 2. The molecule has 0 bridgehead atoms. The number of nitrogens with zero attached hydrogens (tertiary/aromatic N) is 6. The summed E-state index contributed by atoms with van der Waals surface area (Å²) in [6.07, 6.45) is 10.1. The number of anilines is 2. The van der Waals surface area contributed by atoms with Crippen molar-refractivity contribution in [3.05, 3.63) is 93.8 Å². The molecule has 0 saturated carbocycles. The number of halogens is 1. The van der Waals surface area contributed by atoms with Gasteiger partial charge in [-0.15, -0.1) is 0 Å². The lowest BCUT2D eigenvalue weighted by molar-refractivity contribution is -0.117. The first kappa shape index (κ1) is 32.7. The van der Waals surface area contributed by atoms with Gasteiger partial charge in [-0.3, -0.25) is 19.0 Å². The minimum atomic E-state index is -4.18. The summed E-state index contributed by atoms with van der Waals surface area (Å²) in [6.45, 7) is 6.87. The standard InChI is InChI=1S/C33H31ClN8O5S/c1-4-41-16-6-8-21-17-22(10-13-27(21)41)37-29(32(44)38-25-12-11-23(18-24(25)34)48(46,47)40-20(3)43)31-39-30-28(35-14-15-36-30)33(45)42(31)26-9-5-7-19(26)2/h5,7,9-15,17-19H,4,6,8,16H2,1-3H3,(H,38,44)(H,40,43). The molecule has 2 N–H and O–H groups in total. The van der Waals surface area contributed by atoms with Crippen molar-refractivity contribution in [1.29, 1.82) is 0 Å². The quantitative estimate of drug-likeness (QED) is 0.258. The van der Waals surface area contributed by atoms with Crippen molar-refractivity contribution in [2.45, 2.75) is 38.5 Å². The summed E-state index contributed by atoms with van der Waals surface area (Å²) in [5.41, 5.74) is 2.57. The molecular formula is C33H31ClN8O5S. The molecule has 0 radical (unpaired) electrons. The number of hydrogen-bond donors (Lipinski definition) is 2. The van der Waals surface area contributed by atoms with Gasteiger partial charge in [0.25, 0.3) is 21.5 Å². The maximum absolute atomic E-state index is 14.3. The van der Waals surface area contributed by atoms with Gasteiger partial charge in [-0.2, -0.15) is 0 Å². The number of rotatable bonds is 8. The van der Waals surface area contributed by atoms with Crippen LogP contribution in [0, 0.1) is 5.92 Å². The first-order valence-electron chi connectivity index (χ1n) is 15.2. The van der Waals surface area contributed by atoms with Gasteiger partial charge < -0.3 is 10.2 Å². The van der Waals surface area contributed by atoms with Crippen LogP contribution in [0.1, 0.15) is 38.6 Å². The molecule has 1 atom stereocenters. The van der Waals surface area contributed by atoms with Crippen LogP contribution >= 0.6 is 11.6 Å². The number of sulfonamides is 1. The Kier molecular flexibility index (Phi) is 8.95. The number of aliphatic imine (C=N–C) groups is 1. The van der Waals surface area contributed by atoms with Crippen molar-refractivity contribution in [2.24, 2.45) is 10.9 Å². The number of allylic oxidation sites excluding steroid dienone is 4. The number of nitrogens with one attached hydrogen (secondary N) is 2. The van der Waals surface area contributed by atoms with E-state index in [9.17, 15) is 22.8 Å². The van der Waals surface area contributed by atoms with Gasteiger partial charge in [-0.1, -0.05) is 30.7 Å². The lowest BCUT2D eigenvalue weighted by Crippen LogP contribution is -2.34. The number of hydrogen-bond acceptors (Lipinski definition) is 10. The highest BCUT2D eigenvalue weighted by atomic mass is 35.5. The van der Waals surface area contributed by atoms with Gasteiger partial charge in [-0.25, -0.2) is 33.1 Å². The molecule has 48 heavy (non-hydrogen) atoms. The van der Waals surface area contributed by atoms with Crippen LogP contribution in [0.25, 0.3) is 16.9 Å². The second-order valence-corrected chi connectivity index (χ2v) is 13.4. The highest BCUT2D eigenvalue weighted by molar-refractivity contribution is 7.90. The smallest absolute Gasteiger partial charge is 0.286 e. The third kappa shape index (κ3) is 6.36. The lowest BCUT2D eigenvalue weighted by atomic mass is 10.0. The zero-order chi connectivity index (χ0) is 34.2. The van der Waals surface area contributed by atoms with E-state index >= 15 is 0 Å². The molecule has 0 saturated heterocycles. The highest BCUT2D eigenvalue weighted by Crippen LogP contribution is 2.32. The number of aromatic nitrogens is 4. The number of carbonyl (C=O) groups excluding carboxylic acids is 2. The van der Waals surface area contributed by atoms with Gasteiger partial charge in [0.1, 0.15) is 0 Å². The van der Waals surface area contributed by atoms with Crippen molar-refractivity contribution >= 4 is 73.1 Å². The Morgan fingerprint density at radius 1 is 1.12 bits per heavy atom. The molecule has 4 aromatic rings. The predicted octanol–water partition coefficient (Wildman–Crippen LogP) is 4.24. The van der Waals surface area contributed by atoms with Gasteiger partial charge >= 0.3 is 0 Å². The summed E-state index contributed by atoms with van der Waals surface area (Å²) in [5, 5.41) is 2.59. The van der Waals surface area contributed by atoms with E-state index in [1.54, 1.807) is 12.1 Å². The Morgan fingerprint density at radius 3 is 2.62 bits per heavy atom. The maximum atomic E-state index is 14.3. The molecule has 15 heteroatoms. The van der Waals surface area contributed by atoms with Crippen LogP contribution in [0.15, 0.2) is 81.7 Å². The molecule has 0 fully saturated rings. The topological polar surface area (TPSA) is 169 Å². The van der Waals surface area contributed by atoms with E-state index in [2.05, 4.69) is 32.1 Å². The maximum Gasteiger partial charge on any atom is 0.286 e. The van der Waals surface area contributed by atoms with Gasteiger partial charge in [0.05, 0.1) is 21.3 Å². The first-order valence-corrected chi connectivity index (χ1v) is 17.1. The Hall–Kier alpha value is -5.21. The Labute approximate surface area is 281 Å². The van der Waals surface area contributed by atoms with Crippen LogP contribution in [0.2, 0.25) is 5.02 Å². The van der Waals surface area contributed by atoms with Gasteiger partial charge in [0.2, 0.25) is 5.91 Å². The number of benzene rings is 2. The van der Waals surface area contributed by atoms with Crippen molar-refractivity contribution in [3.63, 3.8) is 0 Å². The Bertz CT molecular complexity index is 2250. The van der Waals surface area contributed by atoms with E-state index in [1.165, 1.54) is 29.1 Å². The molecule has 6 rings (SSSR count). The van der Waals surface area contributed by atoms with E-state index in [0.29, 0.717) is 11.4 Å². The number of aryl methyl sites for hydroxylation is 1. The Morgan fingerprint density at radius 2 is 1.92 bits per heavy atom. The van der Waals surface area contributed by atoms with Crippen molar-refractivity contribution < 1.29 is 18.0 Å². The SMILES string of the molecule is CCN1CCCc2cc(N=C(C(=O)Nc3ccc(S(=O)(=O)NC(C)=O)cc3Cl)c3nc4nccnc4c(=O)n3C3=CC=CC3C)ccc21. The molecular weight excluding hydrogens is 656 g/mol. The van der Waals surface area contributed by atoms with Crippen LogP contribution in [-0.4, -0.2) is 58.6 Å². The third-order valence-electron chi connectivity index (χ3n) is 8.00. The van der Waals surface area contributed by atoms with Crippen molar-refractivity contribution in [1.82, 2.24) is 24.2 Å². The van der Waals surface area contributed by atoms with E-state index in [0.717, 1.165) is 50.2 Å². The summed E-state index contributed by atoms with van der Waals surface area (Å²) >= 11 is 6.45. The zero-order valence-corrected chi connectivity index (χ0v) is 27.8. The molecule has 13 nitrogen and oxygen atoms in total. The molecule has 0 spiro atoms. The summed E-state index contributed by atoms with van der Waals surface area (Å²) < 4.78 is 28.3. The van der Waals surface area contributed by atoms with E-state index in [-0.39, 0.29) is 44.2 Å². The molecule has 2 aromatic carbocycles. The van der Waals surface area contributed by atoms with Crippen LogP contribution in [-0.2, 0) is 26.0 Å². The van der Waals surface area contributed by atoms with Crippen LogP contribution in [0.3, 0.4) is 0 Å². The van der Waals surface area contributed by atoms with Crippen LogP contribution in [0.4, 0.5) is 17.1 Å². The van der Waals surface area contributed by atoms with Gasteiger partial charge in [0.15, 0.2) is 22.7 Å². The summed E-state index contributed by atoms with van der Waals surface area (Å²) in [6, 6.07) is 9.29. The van der Waals surface area contributed by atoms with Crippen LogP contribution < -0.4 is 20.5 Å². The van der Waals surface area contributed by atoms with E-state index in [1.807, 2.05) is 35.9 Å². The minimum absolute atomic E-state index is 0.0217. The van der Waals surface area contributed by atoms with Crippen molar-refractivity contribution in [2.75, 3.05) is 23.3 Å². The second kappa shape index (κ2) is 13.1. The molecule has 1 aliphatic carbocycles. The molecule has 246 valence electrons. The molecule has 1 unspecified atom stereocenters. The average molecular weight is 687 g/mol. The van der Waals surface area contributed by atoms with Gasteiger partial charge in [-0.05, 0) is 67.8 Å². The molecule has 3 heterocycles. The molecule has 2 aliphatic rings. The lowest BCUT2D eigenvalue weighted by Gasteiger charge is -2.30. The Balaban J connectivity index is 1.51. The van der Waals surface area contributed by atoms with Crippen LogP contribution in [0.5, 0.6) is 0 Å². The van der Waals surface area contributed by atoms with E-state index < -0.39 is 27.4 Å². The third-order valence-corrected chi connectivity index (χ3v) is 9.75. The zero-order valence-electron chi connectivity index (χ0n) is 26.3. The van der Waals surface area contributed by atoms with E-state index in [4.69, 9.17) is 16.6 Å². The predicted molar refractivity (Wildman–Crippen MR) is 184 cm³/mol. The fourth-order valence-electron chi connectivity index (χ4n) is 5.75. The summed E-state index contributed by atoms with van der Waals surface area (Å²) in [7, 11) is -4.18. The fraction of sp³-hybridized carbons (Fsp3) is 0.242. The highest BCUT2D eigenvalue weighted by Gasteiger charge is 2.28. The molecule has 2 amide bonds. The largest absolute Gasteiger partial charge is 0.372 e. The minimum Gasteiger partial charge on any atom is -0.372 e. The second-order valence-electron chi connectivity index (χ2n) is 11.3. The molecule has 1 aliphatic heterocycles. The van der Waals surface area contributed by atoms with Gasteiger partial charge in [0, 0.05) is 49.7 Å². The average Bonchev–Trinajstić information content (AvgIpc) is 3.48. The monoisotopic (exact) mass is 686 g/mol. The first-order chi connectivity index (χ1) is 23.0. The number of amides is 2. The normalized spacial score (nSPS) is 16.1. The summed E-state index contributed by atoms with van der Waals surface area (Å²) in [4.78, 5) is 59.6. The molecule has 2 aromatic heterocycles. The summed E-state index contributed by atoms with van der Waals surface area (Å²) in [5.74, 6) is -1.81. The fourth-order valence-corrected chi connectivity index (χ4v) is 7.06. The van der Waals surface area contributed by atoms with Crippen molar-refractivity contribution in [3.8, 4) is 0 Å². The number of fused-ring (bicyclic) bond motifs is 2.